The second-order valence-electron chi connectivity index (χ2n) is 18.0. The second kappa shape index (κ2) is 32.1. The van der Waals surface area contributed by atoms with Gasteiger partial charge in [0.2, 0.25) is 0 Å². The molecule has 6 nitrogen and oxygen atoms in total. The Bertz CT molecular complexity index is 1340. The summed E-state index contributed by atoms with van der Waals surface area (Å²) < 4.78 is 16.3. The minimum atomic E-state index is -0.823. The van der Waals surface area contributed by atoms with Gasteiger partial charge in [-0.25, -0.2) is 4.79 Å². The highest BCUT2D eigenvalue weighted by molar-refractivity contribution is 5.89. The van der Waals surface area contributed by atoms with Crippen molar-refractivity contribution in [2.45, 2.75) is 214 Å². The standard InChI is InChI=1S/C53H86O6/c1-5-7-9-11-17-23-29-50-45(27-21-10-8-6-2)35-36-46(51(50)30-24-18-13-15-20-26-41-57-52(55)47-33-31-43(3)32-34-47)28-22-16-12-14-19-25-42-58-53(56)48-37-39-49(40-38-48)59-44(4)54/h31-34,37-40,45-46,50-52,55H,5-30,35-36,41-42H2,1-4H3. The first-order valence-corrected chi connectivity index (χ1v) is 24.6. The van der Waals surface area contributed by atoms with Gasteiger partial charge in [0.25, 0.3) is 0 Å². The zero-order valence-corrected chi connectivity index (χ0v) is 38.2. The molecule has 0 saturated heterocycles. The molecule has 2 aromatic rings. The molecule has 0 spiro atoms. The van der Waals surface area contributed by atoms with E-state index in [0.29, 0.717) is 24.5 Å². The lowest BCUT2D eigenvalue weighted by atomic mass is 9.61. The van der Waals surface area contributed by atoms with E-state index >= 15 is 0 Å². The van der Waals surface area contributed by atoms with E-state index in [1.165, 1.54) is 173 Å². The number of carbonyl (C=O) groups is 2. The number of carbonyl (C=O) groups excluding carboxylic acids is 2. The molecule has 334 valence electrons. The average Bonchev–Trinajstić information content (AvgIpc) is 3.23. The Balaban J connectivity index is 1.42. The number of aliphatic hydroxyl groups is 1. The maximum absolute atomic E-state index is 12.4. The minimum Gasteiger partial charge on any atom is -0.462 e. The van der Waals surface area contributed by atoms with Crippen molar-refractivity contribution in [1.29, 1.82) is 0 Å². The van der Waals surface area contributed by atoms with Crippen LogP contribution in [-0.4, -0.2) is 30.3 Å². The molecule has 0 heterocycles. The van der Waals surface area contributed by atoms with Crippen LogP contribution in [0.4, 0.5) is 0 Å². The van der Waals surface area contributed by atoms with E-state index in [1.807, 2.05) is 24.3 Å². The summed E-state index contributed by atoms with van der Waals surface area (Å²) >= 11 is 0. The summed E-state index contributed by atoms with van der Waals surface area (Å²) in [6.45, 7) is 9.14. The largest absolute Gasteiger partial charge is 0.462 e. The SMILES string of the molecule is CCCCCCCCC1C(CCCCCC)CCC(CCCCCCCCOC(=O)c2ccc(OC(C)=O)cc2)C1CCCCCCCCOC(O)c1ccc(C)cc1. The maximum atomic E-state index is 12.4. The van der Waals surface area contributed by atoms with Crippen molar-refractivity contribution in [2.75, 3.05) is 13.2 Å². The lowest BCUT2D eigenvalue weighted by molar-refractivity contribution is -0.131. The molecule has 1 fully saturated rings. The highest BCUT2D eigenvalue weighted by atomic mass is 16.6. The van der Waals surface area contributed by atoms with E-state index in [4.69, 9.17) is 14.2 Å². The van der Waals surface area contributed by atoms with Crippen LogP contribution in [0.2, 0.25) is 0 Å². The molecule has 2 aromatic carbocycles. The molecule has 0 aromatic heterocycles. The van der Waals surface area contributed by atoms with Crippen molar-refractivity contribution in [3.63, 3.8) is 0 Å². The number of esters is 2. The number of hydrogen-bond acceptors (Lipinski definition) is 6. The summed E-state index contributed by atoms with van der Waals surface area (Å²) in [5.41, 5.74) is 2.51. The van der Waals surface area contributed by atoms with Crippen LogP contribution in [-0.2, 0) is 14.3 Å². The van der Waals surface area contributed by atoms with Crippen LogP contribution in [0, 0.1) is 30.6 Å². The number of hydrogen-bond donors (Lipinski definition) is 1. The third-order valence-electron chi connectivity index (χ3n) is 13.1. The maximum Gasteiger partial charge on any atom is 0.338 e. The molecule has 5 unspecified atom stereocenters. The van der Waals surface area contributed by atoms with Crippen molar-refractivity contribution in [3.05, 3.63) is 65.2 Å². The van der Waals surface area contributed by atoms with Crippen LogP contribution in [0.5, 0.6) is 5.75 Å². The van der Waals surface area contributed by atoms with Crippen LogP contribution in [0.3, 0.4) is 0 Å². The van der Waals surface area contributed by atoms with E-state index in [9.17, 15) is 14.7 Å². The predicted octanol–water partition coefficient (Wildman–Crippen LogP) is 15.2. The summed E-state index contributed by atoms with van der Waals surface area (Å²) in [7, 11) is 0. The fourth-order valence-corrected chi connectivity index (χ4v) is 9.67. The summed E-state index contributed by atoms with van der Waals surface area (Å²) in [5.74, 6) is 3.39. The summed E-state index contributed by atoms with van der Waals surface area (Å²) in [6, 6.07) is 14.5. The van der Waals surface area contributed by atoms with Gasteiger partial charge in [0.1, 0.15) is 5.75 Å². The number of aryl methyl sites for hydroxylation is 1. The van der Waals surface area contributed by atoms with Crippen molar-refractivity contribution in [3.8, 4) is 5.75 Å². The van der Waals surface area contributed by atoms with Crippen molar-refractivity contribution >= 4 is 11.9 Å². The number of unbranched alkanes of at least 4 members (excludes halogenated alkanes) is 18. The molecule has 5 atom stereocenters. The first-order chi connectivity index (χ1) is 28.8. The third-order valence-corrected chi connectivity index (χ3v) is 13.1. The zero-order valence-electron chi connectivity index (χ0n) is 38.2. The molecule has 6 heteroatoms. The first-order valence-electron chi connectivity index (χ1n) is 24.6. The molecule has 0 amide bonds. The van der Waals surface area contributed by atoms with Gasteiger partial charge in [0.15, 0.2) is 6.29 Å². The van der Waals surface area contributed by atoms with E-state index < -0.39 is 6.29 Å². The Labute approximate surface area is 361 Å². The number of aliphatic hydroxyl groups excluding tert-OH is 1. The van der Waals surface area contributed by atoms with Gasteiger partial charge < -0.3 is 19.3 Å². The molecule has 1 N–H and O–H groups in total. The fourth-order valence-electron chi connectivity index (χ4n) is 9.67. The van der Waals surface area contributed by atoms with Crippen LogP contribution >= 0.6 is 0 Å². The molecule has 1 aliphatic carbocycles. The van der Waals surface area contributed by atoms with E-state index in [1.54, 1.807) is 24.3 Å². The Morgan fingerprint density at radius 2 is 1.02 bits per heavy atom. The Morgan fingerprint density at radius 3 is 1.53 bits per heavy atom. The minimum absolute atomic E-state index is 0.323. The van der Waals surface area contributed by atoms with Gasteiger partial charge in [-0.05, 0) is 93.4 Å². The van der Waals surface area contributed by atoms with Crippen LogP contribution in [0.15, 0.2) is 48.5 Å². The quantitative estimate of drug-likeness (QED) is 0.0328. The molecule has 0 bridgehead atoms. The van der Waals surface area contributed by atoms with Gasteiger partial charge in [0.05, 0.1) is 18.8 Å². The lowest BCUT2D eigenvalue weighted by Crippen LogP contribution is -2.35. The van der Waals surface area contributed by atoms with E-state index in [-0.39, 0.29) is 11.9 Å². The number of rotatable bonds is 34. The lowest BCUT2D eigenvalue weighted by Gasteiger charge is -2.44. The van der Waals surface area contributed by atoms with Gasteiger partial charge in [0, 0.05) is 12.5 Å². The summed E-state index contributed by atoms with van der Waals surface area (Å²) in [4.78, 5) is 23.6. The third kappa shape index (κ3) is 22.1. The fraction of sp³-hybridized carbons (Fsp3) is 0.736. The van der Waals surface area contributed by atoms with Crippen LogP contribution in [0.1, 0.15) is 228 Å². The molecule has 3 rings (SSSR count). The Morgan fingerprint density at radius 1 is 0.576 bits per heavy atom. The summed E-state index contributed by atoms with van der Waals surface area (Å²) in [5, 5.41) is 10.4. The van der Waals surface area contributed by atoms with Crippen molar-refractivity contribution in [2.24, 2.45) is 23.7 Å². The number of ether oxygens (including phenoxy) is 3. The molecule has 0 aliphatic heterocycles. The van der Waals surface area contributed by atoms with Gasteiger partial charge in [-0.15, -0.1) is 0 Å². The van der Waals surface area contributed by atoms with Crippen LogP contribution < -0.4 is 4.74 Å². The monoisotopic (exact) mass is 819 g/mol. The molecular formula is C53H86O6. The molecule has 1 aliphatic rings. The van der Waals surface area contributed by atoms with Gasteiger partial charge in [-0.2, -0.15) is 0 Å². The highest BCUT2D eigenvalue weighted by Crippen LogP contribution is 2.48. The van der Waals surface area contributed by atoms with Gasteiger partial charge in [-0.3, -0.25) is 4.79 Å². The molecule has 59 heavy (non-hydrogen) atoms. The van der Waals surface area contributed by atoms with Gasteiger partial charge in [-0.1, -0.05) is 185 Å². The van der Waals surface area contributed by atoms with Crippen molar-refractivity contribution < 1.29 is 28.9 Å². The van der Waals surface area contributed by atoms with Crippen LogP contribution in [0.25, 0.3) is 0 Å². The van der Waals surface area contributed by atoms with E-state index in [0.717, 1.165) is 48.5 Å². The molecule has 0 radical (unpaired) electrons. The Kier molecular flexibility index (Phi) is 27.5. The summed E-state index contributed by atoms with van der Waals surface area (Å²) in [6.07, 6.45) is 36.4. The number of benzene rings is 2. The highest BCUT2D eigenvalue weighted by Gasteiger charge is 2.37. The Hall–Kier alpha value is -2.70. The van der Waals surface area contributed by atoms with Gasteiger partial charge >= 0.3 is 11.9 Å². The molecule has 1 saturated carbocycles. The molecular weight excluding hydrogens is 733 g/mol. The average molecular weight is 819 g/mol. The topological polar surface area (TPSA) is 82.1 Å². The van der Waals surface area contributed by atoms with E-state index in [2.05, 4.69) is 20.8 Å². The zero-order chi connectivity index (χ0) is 42.3. The van der Waals surface area contributed by atoms with Crippen molar-refractivity contribution in [1.82, 2.24) is 0 Å². The smallest absolute Gasteiger partial charge is 0.338 e. The first kappa shape index (κ1) is 50.7. The predicted molar refractivity (Wildman–Crippen MR) is 245 cm³/mol. The second-order valence-corrected chi connectivity index (χ2v) is 18.0. The normalized spacial score (nSPS) is 18.5.